The summed E-state index contributed by atoms with van der Waals surface area (Å²) in [6.45, 7) is 0.797. The van der Waals surface area contributed by atoms with Crippen molar-refractivity contribution >= 4 is 9.84 Å². The molecular formula is C9H13N3O2S. The Kier molecular flexibility index (Phi) is 2.70. The van der Waals surface area contributed by atoms with Crippen LogP contribution in [-0.4, -0.2) is 32.0 Å². The van der Waals surface area contributed by atoms with Gasteiger partial charge >= 0.3 is 0 Å². The molecule has 0 amide bonds. The molecule has 82 valence electrons. The van der Waals surface area contributed by atoms with E-state index in [0.717, 1.165) is 18.5 Å². The molecule has 0 bridgehead atoms. The van der Waals surface area contributed by atoms with Gasteiger partial charge in [0.05, 0.1) is 17.2 Å². The van der Waals surface area contributed by atoms with Gasteiger partial charge in [-0.3, -0.25) is 0 Å². The zero-order valence-corrected chi connectivity index (χ0v) is 9.34. The van der Waals surface area contributed by atoms with Crippen LogP contribution in [0.5, 0.6) is 0 Å². The van der Waals surface area contributed by atoms with E-state index in [9.17, 15) is 8.42 Å². The van der Waals surface area contributed by atoms with Gasteiger partial charge in [0, 0.05) is 24.7 Å². The Balaban J connectivity index is 2.22. The fourth-order valence-electron chi connectivity index (χ4n) is 1.58. The van der Waals surface area contributed by atoms with Crippen LogP contribution in [-0.2, 0) is 27.8 Å². The van der Waals surface area contributed by atoms with Gasteiger partial charge in [-0.1, -0.05) is 0 Å². The predicted octanol–water partition coefficient (Wildman–Crippen LogP) is -0.333. The average Bonchev–Trinajstić information content (AvgIpc) is 2.47. The van der Waals surface area contributed by atoms with Gasteiger partial charge in [-0.25, -0.2) is 18.4 Å². The second kappa shape index (κ2) is 3.86. The molecule has 0 saturated carbocycles. The first-order chi connectivity index (χ1) is 7.11. The molecule has 2 rings (SSSR count). The van der Waals surface area contributed by atoms with E-state index in [4.69, 9.17) is 0 Å². The summed E-state index contributed by atoms with van der Waals surface area (Å²) in [6, 6.07) is 0. The monoisotopic (exact) mass is 227 g/mol. The van der Waals surface area contributed by atoms with E-state index in [1.165, 1.54) is 0 Å². The van der Waals surface area contributed by atoms with Gasteiger partial charge in [-0.2, -0.15) is 0 Å². The zero-order chi connectivity index (χ0) is 10.9. The lowest BCUT2D eigenvalue weighted by Gasteiger charge is -2.01. The first-order valence-electron chi connectivity index (χ1n) is 4.79. The van der Waals surface area contributed by atoms with Gasteiger partial charge in [0.1, 0.15) is 5.82 Å². The van der Waals surface area contributed by atoms with E-state index in [1.807, 2.05) is 7.05 Å². The molecule has 1 aromatic rings. The highest BCUT2D eigenvalue weighted by Gasteiger charge is 2.26. The zero-order valence-electron chi connectivity index (χ0n) is 8.52. The largest absolute Gasteiger partial charge is 0.319 e. The van der Waals surface area contributed by atoms with Gasteiger partial charge in [0.25, 0.3) is 0 Å². The first-order valence-corrected chi connectivity index (χ1v) is 6.61. The topological polar surface area (TPSA) is 72.0 Å². The smallest absolute Gasteiger partial charge is 0.160 e. The van der Waals surface area contributed by atoms with Crippen molar-refractivity contribution in [3.05, 3.63) is 23.3 Å². The van der Waals surface area contributed by atoms with Gasteiger partial charge in [-0.15, -0.1) is 0 Å². The molecule has 0 saturated heterocycles. The van der Waals surface area contributed by atoms with Gasteiger partial charge in [0.2, 0.25) is 0 Å². The van der Waals surface area contributed by atoms with E-state index in [1.54, 1.807) is 6.20 Å². The molecular weight excluding hydrogens is 214 g/mol. The third-order valence-corrected chi connectivity index (χ3v) is 3.80. The maximum Gasteiger partial charge on any atom is 0.160 e. The van der Waals surface area contributed by atoms with Crippen LogP contribution in [0, 0.1) is 0 Å². The number of aromatic nitrogens is 2. The molecule has 0 aromatic carbocycles. The van der Waals surface area contributed by atoms with Crippen molar-refractivity contribution in [3.8, 4) is 0 Å². The van der Waals surface area contributed by atoms with Crippen molar-refractivity contribution in [1.29, 1.82) is 0 Å². The fraction of sp³-hybridized carbons (Fsp3) is 0.556. The average molecular weight is 227 g/mol. The van der Waals surface area contributed by atoms with Crippen LogP contribution < -0.4 is 5.32 Å². The Bertz CT molecular complexity index is 470. The predicted molar refractivity (Wildman–Crippen MR) is 56.0 cm³/mol. The van der Waals surface area contributed by atoms with Crippen LogP contribution >= 0.6 is 0 Å². The van der Waals surface area contributed by atoms with E-state index in [-0.39, 0.29) is 11.5 Å². The van der Waals surface area contributed by atoms with Crippen molar-refractivity contribution in [3.63, 3.8) is 0 Å². The minimum Gasteiger partial charge on any atom is -0.319 e. The molecule has 0 atom stereocenters. The standard InChI is InChI=1S/C9H13N3O2S/c1-10-3-2-9-11-4-7-5-15(13,14)6-8(7)12-9/h4,10H,2-3,5-6H2,1H3. The summed E-state index contributed by atoms with van der Waals surface area (Å²) in [5, 5.41) is 3.00. The number of rotatable bonds is 3. The van der Waals surface area contributed by atoms with Crippen molar-refractivity contribution < 1.29 is 8.42 Å². The van der Waals surface area contributed by atoms with Gasteiger partial charge in [-0.05, 0) is 7.05 Å². The Morgan fingerprint density at radius 3 is 3.00 bits per heavy atom. The first kappa shape index (κ1) is 10.5. The third kappa shape index (κ3) is 2.32. The van der Waals surface area contributed by atoms with Crippen LogP contribution in [0.25, 0.3) is 0 Å². The fourth-order valence-corrected chi connectivity index (χ4v) is 3.07. The summed E-state index contributed by atoms with van der Waals surface area (Å²) in [4.78, 5) is 8.39. The molecule has 15 heavy (non-hydrogen) atoms. The number of fused-ring (bicyclic) bond motifs is 1. The van der Waals surface area contributed by atoms with Crippen LogP contribution in [0.3, 0.4) is 0 Å². The molecule has 0 fully saturated rings. The number of nitrogens with zero attached hydrogens (tertiary/aromatic N) is 2. The van der Waals surface area contributed by atoms with Crippen molar-refractivity contribution in [2.45, 2.75) is 17.9 Å². The number of hydrogen-bond donors (Lipinski definition) is 1. The lowest BCUT2D eigenvalue weighted by molar-refractivity contribution is 0.597. The molecule has 5 nitrogen and oxygen atoms in total. The Labute approximate surface area is 88.9 Å². The van der Waals surface area contributed by atoms with Crippen LogP contribution in [0.15, 0.2) is 6.20 Å². The summed E-state index contributed by atoms with van der Waals surface area (Å²) >= 11 is 0. The molecule has 2 heterocycles. The van der Waals surface area contributed by atoms with E-state index < -0.39 is 9.84 Å². The highest BCUT2D eigenvalue weighted by molar-refractivity contribution is 7.90. The second-order valence-corrected chi connectivity index (χ2v) is 5.71. The maximum atomic E-state index is 11.3. The van der Waals surface area contributed by atoms with Gasteiger partial charge < -0.3 is 5.32 Å². The van der Waals surface area contributed by atoms with Crippen molar-refractivity contribution in [2.24, 2.45) is 0 Å². The number of hydrogen-bond acceptors (Lipinski definition) is 5. The summed E-state index contributed by atoms with van der Waals surface area (Å²) in [6.07, 6.45) is 2.36. The SMILES string of the molecule is CNCCc1ncc2c(n1)CS(=O)(=O)C2. The normalized spacial score (nSPS) is 17.7. The van der Waals surface area contributed by atoms with Gasteiger partial charge in [0.15, 0.2) is 9.84 Å². The Morgan fingerprint density at radius 2 is 2.27 bits per heavy atom. The minimum absolute atomic E-state index is 0.0669. The molecule has 1 N–H and O–H groups in total. The molecule has 0 aliphatic carbocycles. The molecule has 0 spiro atoms. The third-order valence-electron chi connectivity index (χ3n) is 2.33. The highest BCUT2D eigenvalue weighted by Crippen LogP contribution is 2.22. The molecule has 0 unspecified atom stereocenters. The summed E-state index contributed by atoms with van der Waals surface area (Å²) < 4.78 is 22.7. The molecule has 1 aliphatic rings. The summed E-state index contributed by atoms with van der Waals surface area (Å²) in [7, 11) is -1.10. The quantitative estimate of drug-likeness (QED) is 0.765. The van der Waals surface area contributed by atoms with Crippen LogP contribution in [0.4, 0.5) is 0 Å². The van der Waals surface area contributed by atoms with E-state index in [0.29, 0.717) is 11.5 Å². The Morgan fingerprint density at radius 1 is 1.47 bits per heavy atom. The Hall–Kier alpha value is -1.01. The molecule has 0 radical (unpaired) electrons. The summed E-state index contributed by atoms with van der Waals surface area (Å²) in [5.74, 6) is 0.867. The number of likely N-dealkylation sites (N-methyl/N-ethyl adjacent to an activating group) is 1. The lowest BCUT2D eigenvalue weighted by atomic mass is 10.2. The van der Waals surface area contributed by atoms with E-state index in [2.05, 4.69) is 15.3 Å². The lowest BCUT2D eigenvalue weighted by Crippen LogP contribution is -2.12. The van der Waals surface area contributed by atoms with Crippen LogP contribution in [0.2, 0.25) is 0 Å². The highest BCUT2D eigenvalue weighted by atomic mass is 32.2. The molecule has 6 heteroatoms. The molecule has 1 aliphatic heterocycles. The van der Waals surface area contributed by atoms with E-state index >= 15 is 0 Å². The minimum atomic E-state index is -2.96. The second-order valence-electron chi connectivity index (χ2n) is 3.64. The van der Waals surface area contributed by atoms with Crippen molar-refractivity contribution in [2.75, 3.05) is 13.6 Å². The number of nitrogens with one attached hydrogen (secondary N) is 1. The number of sulfone groups is 1. The van der Waals surface area contributed by atoms with Crippen LogP contribution in [0.1, 0.15) is 17.1 Å². The molecule has 1 aromatic heterocycles. The maximum absolute atomic E-state index is 11.3. The summed E-state index contributed by atoms with van der Waals surface area (Å²) in [5.41, 5.74) is 1.43. The van der Waals surface area contributed by atoms with Crippen molar-refractivity contribution in [1.82, 2.24) is 15.3 Å².